The first-order chi connectivity index (χ1) is 10.2. The maximum atomic E-state index is 11.2. The zero-order chi connectivity index (χ0) is 15.5. The molecule has 0 amide bonds. The maximum absolute atomic E-state index is 11.2. The van der Waals surface area contributed by atoms with E-state index in [1.54, 1.807) is 0 Å². The molecule has 0 aliphatic rings. The standard InChI is InChI=1S/C15H26N4O2/c1-4-8-12-18-13(16-5-2)11-14(19-12)17-10-7-9-15(20)21-6-3/h11H,4-10H2,1-3H3,(H2,16,17,18,19). The summed E-state index contributed by atoms with van der Waals surface area (Å²) in [5, 5.41) is 6.45. The number of esters is 1. The van der Waals surface area contributed by atoms with Gasteiger partial charge in [0.15, 0.2) is 0 Å². The van der Waals surface area contributed by atoms with Gasteiger partial charge >= 0.3 is 5.97 Å². The van der Waals surface area contributed by atoms with E-state index in [0.29, 0.717) is 19.6 Å². The van der Waals surface area contributed by atoms with Gasteiger partial charge in [-0.25, -0.2) is 9.97 Å². The minimum Gasteiger partial charge on any atom is -0.466 e. The van der Waals surface area contributed by atoms with Gasteiger partial charge in [0.05, 0.1) is 6.61 Å². The number of carbonyl (C=O) groups is 1. The lowest BCUT2D eigenvalue weighted by Crippen LogP contribution is -2.11. The SMILES string of the molecule is CCCc1nc(NCC)cc(NCCCC(=O)OCC)n1. The largest absolute Gasteiger partial charge is 0.466 e. The molecule has 0 atom stereocenters. The number of ether oxygens (including phenoxy) is 1. The van der Waals surface area contributed by atoms with Crippen molar-refractivity contribution in [3.8, 4) is 0 Å². The number of hydrogen-bond acceptors (Lipinski definition) is 6. The zero-order valence-electron chi connectivity index (χ0n) is 13.2. The van der Waals surface area contributed by atoms with E-state index in [0.717, 1.165) is 43.3 Å². The molecule has 6 heteroatoms. The highest BCUT2D eigenvalue weighted by atomic mass is 16.5. The molecule has 0 spiro atoms. The molecule has 0 aromatic carbocycles. The molecule has 6 nitrogen and oxygen atoms in total. The molecule has 0 unspecified atom stereocenters. The van der Waals surface area contributed by atoms with Crippen LogP contribution in [0.2, 0.25) is 0 Å². The van der Waals surface area contributed by atoms with Crippen LogP contribution in [0.25, 0.3) is 0 Å². The molecule has 0 radical (unpaired) electrons. The second-order valence-corrected chi connectivity index (χ2v) is 4.67. The monoisotopic (exact) mass is 294 g/mol. The number of hydrogen-bond donors (Lipinski definition) is 2. The summed E-state index contributed by atoms with van der Waals surface area (Å²) in [5.74, 6) is 2.32. The molecule has 0 saturated carbocycles. The van der Waals surface area contributed by atoms with Crippen LogP contribution in [0.3, 0.4) is 0 Å². The first-order valence-electron chi connectivity index (χ1n) is 7.70. The molecule has 2 N–H and O–H groups in total. The Labute approximate surface area is 126 Å². The highest BCUT2D eigenvalue weighted by Gasteiger charge is 2.05. The van der Waals surface area contributed by atoms with Gasteiger partial charge in [-0.15, -0.1) is 0 Å². The van der Waals surface area contributed by atoms with Crippen LogP contribution in [-0.2, 0) is 16.0 Å². The maximum Gasteiger partial charge on any atom is 0.305 e. The molecule has 1 rings (SSSR count). The molecule has 1 heterocycles. The van der Waals surface area contributed by atoms with E-state index >= 15 is 0 Å². The number of nitrogens with one attached hydrogen (secondary N) is 2. The number of aryl methyl sites for hydroxylation is 1. The second-order valence-electron chi connectivity index (χ2n) is 4.67. The van der Waals surface area contributed by atoms with Crippen molar-refractivity contribution in [2.45, 2.75) is 46.5 Å². The summed E-state index contributed by atoms with van der Waals surface area (Å²) < 4.78 is 4.89. The number of nitrogens with zero attached hydrogens (tertiary/aromatic N) is 2. The average molecular weight is 294 g/mol. The van der Waals surface area contributed by atoms with Gasteiger partial charge in [0, 0.05) is 32.0 Å². The van der Waals surface area contributed by atoms with E-state index in [1.165, 1.54) is 0 Å². The van der Waals surface area contributed by atoms with Crippen LogP contribution in [0.4, 0.5) is 11.6 Å². The van der Waals surface area contributed by atoms with Crippen LogP contribution in [0.15, 0.2) is 6.07 Å². The average Bonchev–Trinajstić information content (AvgIpc) is 2.44. The van der Waals surface area contributed by atoms with Crippen molar-refractivity contribution in [3.05, 3.63) is 11.9 Å². The third-order valence-electron chi connectivity index (χ3n) is 2.77. The number of anilines is 2. The summed E-state index contributed by atoms with van der Waals surface area (Å²) in [4.78, 5) is 20.2. The van der Waals surface area contributed by atoms with Crippen LogP contribution < -0.4 is 10.6 Å². The highest BCUT2D eigenvalue weighted by Crippen LogP contribution is 2.12. The van der Waals surface area contributed by atoms with Crippen molar-refractivity contribution in [1.29, 1.82) is 0 Å². The van der Waals surface area contributed by atoms with Gasteiger partial charge in [0.1, 0.15) is 17.5 Å². The smallest absolute Gasteiger partial charge is 0.305 e. The Hall–Kier alpha value is -1.85. The van der Waals surface area contributed by atoms with Crippen LogP contribution in [-0.4, -0.2) is 35.6 Å². The third kappa shape index (κ3) is 6.92. The van der Waals surface area contributed by atoms with E-state index in [4.69, 9.17) is 4.74 Å². The molecule has 0 aliphatic heterocycles. The van der Waals surface area contributed by atoms with Crippen molar-refractivity contribution < 1.29 is 9.53 Å². The zero-order valence-corrected chi connectivity index (χ0v) is 13.2. The van der Waals surface area contributed by atoms with Gasteiger partial charge in [0.2, 0.25) is 0 Å². The Morgan fingerprint density at radius 1 is 1.19 bits per heavy atom. The Bertz CT molecular complexity index is 413. The highest BCUT2D eigenvalue weighted by molar-refractivity contribution is 5.69. The fraction of sp³-hybridized carbons (Fsp3) is 0.667. The Morgan fingerprint density at radius 3 is 2.52 bits per heavy atom. The van der Waals surface area contributed by atoms with E-state index < -0.39 is 0 Å². The Balaban J connectivity index is 2.50. The normalized spacial score (nSPS) is 10.2. The van der Waals surface area contributed by atoms with Gasteiger partial charge < -0.3 is 15.4 Å². The molecule has 0 fully saturated rings. The summed E-state index contributed by atoms with van der Waals surface area (Å²) in [7, 11) is 0. The summed E-state index contributed by atoms with van der Waals surface area (Å²) in [6.45, 7) is 7.90. The second kappa shape index (κ2) is 9.96. The van der Waals surface area contributed by atoms with Gasteiger partial charge in [-0.3, -0.25) is 4.79 Å². The van der Waals surface area contributed by atoms with Crippen molar-refractivity contribution in [3.63, 3.8) is 0 Å². The molecular weight excluding hydrogens is 268 g/mol. The molecule has 21 heavy (non-hydrogen) atoms. The lowest BCUT2D eigenvalue weighted by molar-refractivity contribution is -0.143. The first-order valence-corrected chi connectivity index (χ1v) is 7.70. The minimum atomic E-state index is -0.151. The quantitative estimate of drug-likeness (QED) is 0.510. The summed E-state index contributed by atoms with van der Waals surface area (Å²) in [5.41, 5.74) is 0. The molecule has 1 aromatic rings. The van der Waals surface area contributed by atoms with Crippen LogP contribution in [0, 0.1) is 0 Å². The van der Waals surface area contributed by atoms with E-state index in [2.05, 4.69) is 27.5 Å². The third-order valence-corrected chi connectivity index (χ3v) is 2.77. The van der Waals surface area contributed by atoms with Crippen molar-refractivity contribution in [2.75, 3.05) is 30.3 Å². The predicted molar refractivity (Wildman–Crippen MR) is 84.5 cm³/mol. The first kappa shape index (κ1) is 17.2. The molecule has 1 aromatic heterocycles. The van der Waals surface area contributed by atoms with E-state index in [9.17, 15) is 4.79 Å². The molecular formula is C15H26N4O2. The predicted octanol–water partition coefficient (Wildman–Crippen LogP) is 2.62. The fourth-order valence-corrected chi connectivity index (χ4v) is 1.88. The van der Waals surface area contributed by atoms with E-state index in [-0.39, 0.29) is 5.97 Å². The van der Waals surface area contributed by atoms with Gasteiger partial charge in [-0.05, 0) is 26.7 Å². The van der Waals surface area contributed by atoms with Crippen LogP contribution in [0.1, 0.15) is 45.9 Å². The van der Waals surface area contributed by atoms with Gasteiger partial charge in [-0.2, -0.15) is 0 Å². The molecule has 0 bridgehead atoms. The molecule has 0 aliphatic carbocycles. The van der Waals surface area contributed by atoms with Crippen LogP contribution >= 0.6 is 0 Å². The van der Waals surface area contributed by atoms with Gasteiger partial charge in [0.25, 0.3) is 0 Å². The lowest BCUT2D eigenvalue weighted by Gasteiger charge is -2.10. The van der Waals surface area contributed by atoms with E-state index in [1.807, 2.05) is 19.9 Å². The molecule has 118 valence electrons. The van der Waals surface area contributed by atoms with Crippen molar-refractivity contribution in [2.24, 2.45) is 0 Å². The fourth-order valence-electron chi connectivity index (χ4n) is 1.88. The Kier molecular flexibility index (Phi) is 8.16. The number of aromatic nitrogens is 2. The van der Waals surface area contributed by atoms with Crippen molar-refractivity contribution in [1.82, 2.24) is 9.97 Å². The topological polar surface area (TPSA) is 76.1 Å². The molecule has 0 saturated heterocycles. The van der Waals surface area contributed by atoms with Crippen LogP contribution in [0.5, 0.6) is 0 Å². The van der Waals surface area contributed by atoms with Gasteiger partial charge in [-0.1, -0.05) is 6.92 Å². The lowest BCUT2D eigenvalue weighted by atomic mass is 10.3. The number of rotatable bonds is 10. The summed E-state index contributed by atoms with van der Waals surface area (Å²) in [6.07, 6.45) is 3.02. The summed E-state index contributed by atoms with van der Waals surface area (Å²) in [6, 6.07) is 1.90. The summed E-state index contributed by atoms with van der Waals surface area (Å²) >= 11 is 0. The minimum absolute atomic E-state index is 0.151. The Morgan fingerprint density at radius 2 is 1.90 bits per heavy atom. The number of carbonyl (C=O) groups excluding carboxylic acids is 1. The van der Waals surface area contributed by atoms with Crippen molar-refractivity contribution >= 4 is 17.6 Å².